The molecule has 0 bridgehead atoms. The smallest absolute Gasteiger partial charge is 0.328 e. The van der Waals surface area contributed by atoms with Crippen LogP contribution in [0, 0.1) is 43.4 Å². The molecule has 5 atom stereocenters. The average Bonchev–Trinajstić information content (AvgIpc) is 3.19. The SMILES string of the molecule is Cc1c(C)c2c(c(C)c1OC(=O)C(N)Cc1ccc(OP(=O)([O-])[O-])cc1)C[C@H]1C2(C)CCC2C(C)(C)CCC[C@@]21C. The summed E-state index contributed by atoms with van der Waals surface area (Å²) in [6, 6.07) is 4.98. The summed E-state index contributed by atoms with van der Waals surface area (Å²) in [5.74, 6) is 1.32. The number of hydrogen-bond donors (Lipinski definition) is 1. The number of rotatable bonds is 6. The van der Waals surface area contributed by atoms with E-state index in [0.29, 0.717) is 28.1 Å². The molecule has 0 spiro atoms. The minimum absolute atomic E-state index is 0.0793. The number of carbonyl (C=O) groups excluding carboxylic acids is 1. The summed E-state index contributed by atoms with van der Waals surface area (Å²) in [4.78, 5) is 34.9. The largest absolute Gasteiger partial charge is 0.780 e. The summed E-state index contributed by atoms with van der Waals surface area (Å²) in [7, 11) is -5.13. The van der Waals surface area contributed by atoms with E-state index in [1.807, 2.05) is 6.92 Å². The molecule has 5 rings (SSSR count). The van der Waals surface area contributed by atoms with Gasteiger partial charge in [-0.05, 0) is 133 Å². The summed E-state index contributed by atoms with van der Waals surface area (Å²) < 4.78 is 21.3. The molecular weight excluding hydrogens is 537 g/mol. The van der Waals surface area contributed by atoms with Gasteiger partial charge in [-0.3, -0.25) is 0 Å². The molecule has 2 N–H and O–H groups in total. The van der Waals surface area contributed by atoms with E-state index >= 15 is 0 Å². The van der Waals surface area contributed by atoms with Crippen molar-refractivity contribution in [3.8, 4) is 11.5 Å². The van der Waals surface area contributed by atoms with E-state index in [4.69, 9.17) is 10.5 Å². The van der Waals surface area contributed by atoms with Gasteiger partial charge in [-0.1, -0.05) is 46.2 Å². The lowest BCUT2D eigenvalue weighted by Gasteiger charge is -2.61. The van der Waals surface area contributed by atoms with Gasteiger partial charge >= 0.3 is 5.97 Å². The lowest BCUT2D eigenvalue weighted by atomic mass is 9.43. The maximum Gasteiger partial charge on any atom is 0.328 e. The highest BCUT2D eigenvalue weighted by atomic mass is 31.2. The van der Waals surface area contributed by atoms with Crippen molar-refractivity contribution in [3.63, 3.8) is 0 Å². The number of phosphoric acid groups is 1. The van der Waals surface area contributed by atoms with Gasteiger partial charge in [0, 0.05) is 0 Å². The molecule has 0 saturated heterocycles. The fourth-order valence-corrected chi connectivity index (χ4v) is 9.69. The molecule has 0 aliphatic heterocycles. The van der Waals surface area contributed by atoms with E-state index in [-0.39, 0.29) is 17.6 Å². The molecule has 2 fully saturated rings. The standard InChI is InChI=1S/C33H46NO6P/c1-19-20(2)29(39-30(35)25(34)17-22-9-11-23(12-10-22)40-41(36,37)38)21(3)24-18-27-32(6)15-8-14-31(4,5)26(32)13-16-33(27,7)28(19)24/h9-12,25-27H,8,13-18,34H2,1-7H3,(H2,36,37,38)/p-2/t25?,26?,27-,32+,33?/m1/s1. The number of esters is 1. The van der Waals surface area contributed by atoms with Crippen LogP contribution < -0.4 is 24.8 Å². The van der Waals surface area contributed by atoms with Gasteiger partial charge < -0.3 is 29.3 Å². The Kier molecular flexibility index (Phi) is 7.55. The van der Waals surface area contributed by atoms with Gasteiger partial charge in [0.05, 0.1) is 0 Å². The minimum Gasteiger partial charge on any atom is -0.780 e. The van der Waals surface area contributed by atoms with Crippen molar-refractivity contribution in [3.05, 3.63) is 57.6 Å². The first kappa shape index (κ1) is 30.3. The summed E-state index contributed by atoms with van der Waals surface area (Å²) in [6.07, 6.45) is 7.55. The van der Waals surface area contributed by atoms with Gasteiger partial charge in [0.25, 0.3) is 0 Å². The first-order chi connectivity index (χ1) is 19.0. The van der Waals surface area contributed by atoms with Crippen molar-refractivity contribution in [1.29, 1.82) is 0 Å². The molecule has 41 heavy (non-hydrogen) atoms. The predicted molar refractivity (Wildman–Crippen MR) is 156 cm³/mol. The first-order valence-corrected chi connectivity index (χ1v) is 16.3. The van der Waals surface area contributed by atoms with Crippen molar-refractivity contribution in [2.24, 2.45) is 28.4 Å². The summed E-state index contributed by atoms with van der Waals surface area (Å²) in [5.41, 5.74) is 13.9. The zero-order valence-electron chi connectivity index (χ0n) is 25.5. The highest BCUT2D eigenvalue weighted by Crippen LogP contribution is 2.68. The highest BCUT2D eigenvalue weighted by Gasteiger charge is 2.61. The molecule has 224 valence electrons. The summed E-state index contributed by atoms with van der Waals surface area (Å²) >= 11 is 0. The van der Waals surface area contributed by atoms with E-state index in [9.17, 15) is 19.1 Å². The molecule has 0 heterocycles. The van der Waals surface area contributed by atoms with Crippen molar-refractivity contribution < 1.29 is 28.4 Å². The molecule has 0 radical (unpaired) electrons. The van der Waals surface area contributed by atoms with Crippen LogP contribution in [0.25, 0.3) is 0 Å². The van der Waals surface area contributed by atoms with Crippen LogP contribution in [0.4, 0.5) is 0 Å². The third kappa shape index (κ3) is 5.18. The monoisotopic (exact) mass is 581 g/mol. The number of carbonyl (C=O) groups is 1. The van der Waals surface area contributed by atoms with Crippen LogP contribution in [0.1, 0.15) is 93.2 Å². The van der Waals surface area contributed by atoms with Gasteiger partial charge in [-0.15, -0.1) is 0 Å². The van der Waals surface area contributed by atoms with Gasteiger partial charge in [-0.25, -0.2) is 4.79 Å². The summed E-state index contributed by atoms with van der Waals surface area (Å²) in [6.45, 7) is 16.3. The average molecular weight is 582 g/mol. The second-order valence-electron chi connectivity index (χ2n) is 14.1. The molecule has 0 amide bonds. The second-order valence-corrected chi connectivity index (χ2v) is 15.2. The Bertz CT molecular complexity index is 1410. The quantitative estimate of drug-likeness (QED) is 0.277. The number of phosphoric ester groups is 1. The zero-order chi connectivity index (χ0) is 30.1. The Labute approximate surface area is 244 Å². The van der Waals surface area contributed by atoms with Gasteiger partial charge in [0.2, 0.25) is 0 Å². The minimum atomic E-state index is -5.13. The van der Waals surface area contributed by atoms with E-state index < -0.39 is 19.8 Å². The third-order valence-electron chi connectivity index (χ3n) is 11.2. The van der Waals surface area contributed by atoms with Gasteiger partial charge in [0.1, 0.15) is 25.4 Å². The van der Waals surface area contributed by atoms with Crippen LogP contribution in [-0.4, -0.2) is 12.0 Å². The van der Waals surface area contributed by atoms with Crippen molar-refractivity contribution in [2.75, 3.05) is 0 Å². The molecule has 3 unspecified atom stereocenters. The lowest BCUT2D eigenvalue weighted by molar-refractivity contribution is -0.333. The first-order valence-electron chi connectivity index (χ1n) is 14.9. The number of fused-ring (bicyclic) bond motifs is 5. The summed E-state index contributed by atoms with van der Waals surface area (Å²) in [5, 5.41) is 0. The van der Waals surface area contributed by atoms with E-state index in [2.05, 4.69) is 46.1 Å². The molecule has 0 aromatic heterocycles. The third-order valence-corrected chi connectivity index (χ3v) is 11.7. The number of nitrogens with two attached hydrogens (primary N) is 1. The maximum atomic E-state index is 13.2. The number of hydrogen-bond acceptors (Lipinski definition) is 7. The van der Waals surface area contributed by atoms with Crippen LogP contribution in [0.3, 0.4) is 0 Å². The van der Waals surface area contributed by atoms with Crippen molar-refractivity contribution in [2.45, 2.75) is 105 Å². The Hall–Kier alpha value is -2.18. The Balaban J connectivity index is 1.39. The Morgan fingerprint density at radius 2 is 1.66 bits per heavy atom. The van der Waals surface area contributed by atoms with Gasteiger partial charge in [0.15, 0.2) is 0 Å². The molecular formula is C33H44NO6P-2. The number of benzene rings is 2. The maximum absolute atomic E-state index is 13.2. The molecule has 2 aromatic carbocycles. The predicted octanol–water partition coefficient (Wildman–Crippen LogP) is 5.35. The lowest BCUT2D eigenvalue weighted by Crippen LogP contribution is -2.55. The van der Waals surface area contributed by atoms with Crippen LogP contribution in [-0.2, 0) is 27.6 Å². The Morgan fingerprint density at radius 3 is 2.29 bits per heavy atom. The zero-order valence-corrected chi connectivity index (χ0v) is 26.4. The molecule has 8 heteroatoms. The van der Waals surface area contributed by atoms with Gasteiger partial charge in [-0.2, -0.15) is 0 Å². The molecule has 3 aliphatic carbocycles. The van der Waals surface area contributed by atoms with Crippen LogP contribution in [0.15, 0.2) is 24.3 Å². The van der Waals surface area contributed by atoms with E-state index in [0.717, 1.165) is 23.5 Å². The highest BCUT2D eigenvalue weighted by molar-refractivity contribution is 7.43. The Morgan fingerprint density at radius 1 is 1.00 bits per heavy atom. The van der Waals surface area contributed by atoms with Crippen molar-refractivity contribution in [1.82, 2.24) is 0 Å². The fourth-order valence-electron chi connectivity index (χ4n) is 9.31. The number of ether oxygens (including phenoxy) is 1. The normalized spacial score (nSPS) is 29.2. The van der Waals surface area contributed by atoms with E-state index in [1.54, 1.807) is 12.1 Å². The van der Waals surface area contributed by atoms with Crippen molar-refractivity contribution >= 4 is 13.8 Å². The second kappa shape index (κ2) is 10.2. The molecule has 2 saturated carbocycles. The topological polar surface area (TPSA) is 125 Å². The molecule has 3 aliphatic rings. The fraction of sp³-hybridized carbons (Fsp3) is 0.606. The van der Waals surface area contributed by atoms with Crippen LogP contribution >= 0.6 is 7.82 Å². The van der Waals surface area contributed by atoms with Crippen LogP contribution in [0.5, 0.6) is 11.5 Å². The van der Waals surface area contributed by atoms with Crippen LogP contribution in [0.2, 0.25) is 0 Å². The molecule has 2 aromatic rings. The molecule has 7 nitrogen and oxygen atoms in total. The van der Waals surface area contributed by atoms with E-state index in [1.165, 1.54) is 60.9 Å².